The Balaban J connectivity index is 1.89. The fourth-order valence-corrected chi connectivity index (χ4v) is 2.99. The van der Waals surface area contributed by atoms with E-state index in [2.05, 4.69) is 0 Å². The van der Waals surface area contributed by atoms with E-state index in [-0.39, 0.29) is 17.9 Å². The van der Waals surface area contributed by atoms with Gasteiger partial charge in [-0.1, -0.05) is 18.9 Å². The molecule has 2 N–H and O–H groups in total. The van der Waals surface area contributed by atoms with Crippen LogP contribution in [0.25, 0.3) is 0 Å². The van der Waals surface area contributed by atoms with E-state index in [9.17, 15) is 4.79 Å². The van der Waals surface area contributed by atoms with Crippen LogP contribution in [0.3, 0.4) is 0 Å². The number of ether oxygens (including phenoxy) is 3. The van der Waals surface area contributed by atoms with E-state index in [0.29, 0.717) is 18.1 Å². The van der Waals surface area contributed by atoms with E-state index < -0.39 is 0 Å². The maximum absolute atomic E-state index is 11.5. The molecule has 1 aromatic rings. The minimum Gasteiger partial charge on any atom is -0.493 e. The van der Waals surface area contributed by atoms with Crippen LogP contribution in [-0.4, -0.2) is 32.8 Å². The topological polar surface area (TPSA) is 70.8 Å². The molecular formula is C17H25NO4. The molecule has 22 heavy (non-hydrogen) atoms. The highest BCUT2D eigenvalue weighted by molar-refractivity contribution is 5.77. The molecule has 2 rings (SSSR count). The van der Waals surface area contributed by atoms with Crippen molar-refractivity contribution in [3.63, 3.8) is 0 Å². The molecule has 0 spiro atoms. The maximum Gasteiger partial charge on any atom is 0.223 e. The zero-order chi connectivity index (χ0) is 15.9. The van der Waals surface area contributed by atoms with Crippen LogP contribution in [0.5, 0.6) is 11.5 Å². The average molecular weight is 307 g/mol. The van der Waals surface area contributed by atoms with Crippen molar-refractivity contribution in [3.05, 3.63) is 23.8 Å². The Morgan fingerprint density at radius 3 is 2.59 bits per heavy atom. The molecule has 1 aliphatic rings. The van der Waals surface area contributed by atoms with Gasteiger partial charge in [0.1, 0.15) is 0 Å². The van der Waals surface area contributed by atoms with Crippen LogP contribution >= 0.6 is 0 Å². The first kappa shape index (κ1) is 16.6. The second-order valence-corrected chi connectivity index (χ2v) is 5.64. The van der Waals surface area contributed by atoms with E-state index in [0.717, 1.165) is 37.7 Å². The summed E-state index contributed by atoms with van der Waals surface area (Å²) in [5.74, 6) is 1.05. The molecule has 5 nitrogen and oxygen atoms in total. The van der Waals surface area contributed by atoms with E-state index in [4.69, 9.17) is 19.9 Å². The van der Waals surface area contributed by atoms with Crippen LogP contribution in [-0.2, 0) is 16.0 Å². The zero-order valence-electron chi connectivity index (χ0n) is 13.3. The Bertz CT molecular complexity index is 503. The Labute approximate surface area is 131 Å². The summed E-state index contributed by atoms with van der Waals surface area (Å²) in [4.78, 5) is 11.5. The normalized spacial score (nSPS) is 21.4. The van der Waals surface area contributed by atoms with Crippen molar-refractivity contribution in [1.82, 2.24) is 0 Å². The van der Waals surface area contributed by atoms with Crippen LogP contribution in [0.2, 0.25) is 0 Å². The highest BCUT2D eigenvalue weighted by Gasteiger charge is 2.29. The summed E-state index contributed by atoms with van der Waals surface area (Å²) in [5, 5.41) is 0. The number of nitrogens with two attached hydrogens (primary N) is 1. The minimum absolute atomic E-state index is 0.0357. The summed E-state index contributed by atoms with van der Waals surface area (Å²) in [5.41, 5.74) is 6.58. The van der Waals surface area contributed by atoms with Crippen LogP contribution in [0.4, 0.5) is 0 Å². The van der Waals surface area contributed by atoms with Crippen molar-refractivity contribution in [3.8, 4) is 11.5 Å². The Hall–Kier alpha value is -1.75. The number of amides is 1. The summed E-state index contributed by atoms with van der Waals surface area (Å²) >= 11 is 0. The molecule has 0 unspecified atom stereocenters. The van der Waals surface area contributed by atoms with Crippen LogP contribution in [0.1, 0.15) is 31.2 Å². The molecule has 1 aliphatic carbocycles. The van der Waals surface area contributed by atoms with E-state index >= 15 is 0 Å². The lowest BCUT2D eigenvalue weighted by Gasteiger charge is -2.29. The molecule has 0 heterocycles. The molecule has 0 aromatic heterocycles. The van der Waals surface area contributed by atoms with E-state index in [1.807, 2.05) is 18.2 Å². The van der Waals surface area contributed by atoms with Crippen LogP contribution in [0.15, 0.2) is 18.2 Å². The maximum atomic E-state index is 11.5. The van der Waals surface area contributed by atoms with Gasteiger partial charge in [0.05, 0.1) is 32.8 Å². The number of hydrogen-bond donors (Lipinski definition) is 1. The number of methoxy groups -OCH3 is 2. The molecule has 0 aliphatic heterocycles. The van der Waals surface area contributed by atoms with Crippen molar-refractivity contribution in [1.29, 1.82) is 0 Å². The Morgan fingerprint density at radius 1 is 1.18 bits per heavy atom. The minimum atomic E-state index is -0.240. The number of hydrogen-bond acceptors (Lipinski definition) is 4. The van der Waals surface area contributed by atoms with Gasteiger partial charge < -0.3 is 19.9 Å². The quantitative estimate of drug-likeness (QED) is 0.839. The first-order chi connectivity index (χ1) is 10.7. The summed E-state index contributed by atoms with van der Waals surface area (Å²) < 4.78 is 16.4. The second kappa shape index (κ2) is 8.03. The van der Waals surface area contributed by atoms with Crippen LogP contribution in [0, 0.1) is 5.92 Å². The van der Waals surface area contributed by atoms with Crippen molar-refractivity contribution in [2.24, 2.45) is 11.7 Å². The molecule has 1 saturated carbocycles. The number of carbonyl (C=O) groups excluding carboxylic acids is 1. The highest BCUT2D eigenvalue weighted by atomic mass is 16.5. The Kier molecular flexibility index (Phi) is 6.07. The van der Waals surface area contributed by atoms with E-state index in [1.54, 1.807) is 14.2 Å². The van der Waals surface area contributed by atoms with Gasteiger partial charge in [-0.25, -0.2) is 0 Å². The average Bonchev–Trinajstić information content (AvgIpc) is 2.55. The number of benzene rings is 1. The molecule has 0 saturated heterocycles. The van der Waals surface area contributed by atoms with Gasteiger partial charge in [0.2, 0.25) is 5.91 Å². The molecule has 5 heteroatoms. The summed E-state index contributed by atoms with van der Waals surface area (Å²) in [7, 11) is 3.24. The van der Waals surface area contributed by atoms with Gasteiger partial charge in [-0.05, 0) is 37.0 Å². The molecule has 2 atom stereocenters. The lowest BCUT2D eigenvalue weighted by Crippen LogP contribution is -2.37. The standard InChI is InChI=1S/C17H25NO4/c1-20-15-8-7-12(11-16(15)21-2)9-10-22-14-6-4-3-5-13(14)17(18)19/h7-8,11,13-14H,3-6,9-10H2,1-2H3,(H2,18,19)/t13-,14-/m1/s1. The van der Waals surface area contributed by atoms with Gasteiger partial charge in [-0.3, -0.25) is 4.79 Å². The first-order valence-electron chi connectivity index (χ1n) is 7.77. The molecular weight excluding hydrogens is 282 g/mol. The van der Waals surface area contributed by atoms with Gasteiger partial charge in [0, 0.05) is 0 Å². The van der Waals surface area contributed by atoms with Gasteiger partial charge in [-0.2, -0.15) is 0 Å². The first-order valence-corrected chi connectivity index (χ1v) is 7.77. The predicted octanol–water partition coefficient (Wildman–Crippen LogP) is 2.31. The third kappa shape index (κ3) is 4.13. The zero-order valence-corrected chi connectivity index (χ0v) is 13.3. The molecule has 1 amide bonds. The summed E-state index contributed by atoms with van der Waals surface area (Å²) in [6.07, 6.45) is 4.65. The highest BCUT2D eigenvalue weighted by Crippen LogP contribution is 2.29. The van der Waals surface area contributed by atoms with Gasteiger partial charge in [0.25, 0.3) is 0 Å². The molecule has 1 fully saturated rings. The molecule has 1 aromatic carbocycles. The largest absolute Gasteiger partial charge is 0.493 e. The predicted molar refractivity (Wildman–Crippen MR) is 84.1 cm³/mol. The van der Waals surface area contributed by atoms with Crippen LogP contribution < -0.4 is 15.2 Å². The second-order valence-electron chi connectivity index (χ2n) is 5.64. The number of primary amides is 1. The van der Waals surface area contributed by atoms with Crippen molar-refractivity contribution >= 4 is 5.91 Å². The van der Waals surface area contributed by atoms with Crippen molar-refractivity contribution in [2.75, 3.05) is 20.8 Å². The third-order valence-corrected chi connectivity index (χ3v) is 4.24. The Morgan fingerprint density at radius 2 is 1.91 bits per heavy atom. The summed E-state index contributed by atoms with van der Waals surface area (Å²) in [6, 6.07) is 5.84. The smallest absolute Gasteiger partial charge is 0.223 e. The summed E-state index contributed by atoms with van der Waals surface area (Å²) in [6.45, 7) is 0.573. The number of carbonyl (C=O) groups is 1. The fraction of sp³-hybridized carbons (Fsp3) is 0.588. The van der Waals surface area contributed by atoms with Gasteiger partial charge in [0.15, 0.2) is 11.5 Å². The fourth-order valence-electron chi connectivity index (χ4n) is 2.99. The molecule has 0 radical (unpaired) electrons. The monoisotopic (exact) mass is 307 g/mol. The van der Waals surface area contributed by atoms with Crippen molar-refractivity contribution in [2.45, 2.75) is 38.2 Å². The molecule has 122 valence electrons. The third-order valence-electron chi connectivity index (χ3n) is 4.24. The van der Waals surface area contributed by atoms with Gasteiger partial charge in [-0.15, -0.1) is 0 Å². The van der Waals surface area contributed by atoms with Crippen molar-refractivity contribution < 1.29 is 19.0 Å². The molecule has 0 bridgehead atoms. The SMILES string of the molecule is COc1ccc(CCO[C@@H]2CCCC[C@H]2C(N)=O)cc1OC. The lowest BCUT2D eigenvalue weighted by molar-refractivity contribution is -0.129. The lowest BCUT2D eigenvalue weighted by atomic mass is 9.86. The van der Waals surface area contributed by atoms with E-state index in [1.165, 1.54) is 0 Å². The number of rotatable bonds is 7. The van der Waals surface area contributed by atoms with Gasteiger partial charge >= 0.3 is 0 Å².